The molecule has 2 aromatic rings. The summed E-state index contributed by atoms with van der Waals surface area (Å²) in [5.74, 6) is 1.62. The van der Waals surface area contributed by atoms with Gasteiger partial charge in [0.05, 0.1) is 6.20 Å². The Morgan fingerprint density at radius 1 is 1.00 bits per heavy atom. The summed E-state index contributed by atoms with van der Waals surface area (Å²) in [6, 6.07) is 11.8. The van der Waals surface area contributed by atoms with Gasteiger partial charge in [0, 0.05) is 5.69 Å². The Morgan fingerprint density at radius 3 is 2.28 bits per heavy atom. The summed E-state index contributed by atoms with van der Waals surface area (Å²) in [6.45, 7) is 8.25. The molecular formula is C16H21NO. The molecule has 18 heavy (non-hydrogen) atoms. The smallest absolute Gasteiger partial charge is 0.145 e. The van der Waals surface area contributed by atoms with E-state index in [0.29, 0.717) is 0 Å². The SMILES string of the molecule is CCC.Cc1cccc(Oc2ccc(C)nc2)c1. The topological polar surface area (TPSA) is 22.1 Å². The van der Waals surface area contributed by atoms with E-state index < -0.39 is 0 Å². The molecule has 0 unspecified atom stereocenters. The van der Waals surface area contributed by atoms with Gasteiger partial charge in [-0.3, -0.25) is 4.98 Å². The first-order valence-corrected chi connectivity index (χ1v) is 6.32. The Bertz CT molecular complexity index is 463. The molecule has 0 aliphatic heterocycles. The zero-order chi connectivity index (χ0) is 13.4. The van der Waals surface area contributed by atoms with Crippen molar-refractivity contribution in [1.82, 2.24) is 4.98 Å². The van der Waals surface area contributed by atoms with E-state index in [1.165, 1.54) is 12.0 Å². The highest BCUT2D eigenvalue weighted by Gasteiger charge is 1.97. The lowest BCUT2D eigenvalue weighted by molar-refractivity contribution is 0.479. The molecule has 0 spiro atoms. The Morgan fingerprint density at radius 2 is 1.72 bits per heavy atom. The van der Waals surface area contributed by atoms with Gasteiger partial charge in [-0.1, -0.05) is 32.4 Å². The van der Waals surface area contributed by atoms with Crippen molar-refractivity contribution < 1.29 is 4.74 Å². The van der Waals surface area contributed by atoms with Crippen LogP contribution in [-0.2, 0) is 0 Å². The lowest BCUT2D eigenvalue weighted by atomic mass is 10.2. The van der Waals surface area contributed by atoms with Crippen LogP contribution in [0.25, 0.3) is 0 Å². The van der Waals surface area contributed by atoms with Gasteiger partial charge < -0.3 is 4.74 Å². The average molecular weight is 243 g/mol. The Balaban J connectivity index is 0.000000492. The molecule has 2 rings (SSSR count). The van der Waals surface area contributed by atoms with Crippen LogP contribution in [0.4, 0.5) is 0 Å². The minimum Gasteiger partial charge on any atom is -0.456 e. The summed E-state index contributed by atoms with van der Waals surface area (Å²) >= 11 is 0. The van der Waals surface area contributed by atoms with Gasteiger partial charge in [0.2, 0.25) is 0 Å². The maximum atomic E-state index is 5.65. The second kappa shape index (κ2) is 7.49. The normalized spacial score (nSPS) is 9.33. The minimum absolute atomic E-state index is 0.770. The molecule has 0 saturated carbocycles. The van der Waals surface area contributed by atoms with Gasteiger partial charge in [-0.15, -0.1) is 0 Å². The first kappa shape index (κ1) is 14.2. The van der Waals surface area contributed by atoms with Gasteiger partial charge in [0.15, 0.2) is 0 Å². The van der Waals surface area contributed by atoms with Crippen LogP contribution in [0.3, 0.4) is 0 Å². The van der Waals surface area contributed by atoms with Crippen molar-refractivity contribution >= 4 is 0 Å². The molecule has 1 aromatic heterocycles. The van der Waals surface area contributed by atoms with Gasteiger partial charge in [0.1, 0.15) is 11.5 Å². The first-order chi connectivity index (χ1) is 8.65. The molecular weight excluding hydrogens is 222 g/mol. The Kier molecular flexibility index (Phi) is 5.92. The van der Waals surface area contributed by atoms with Crippen LogP contribution in [-0.4, -0.2) is 4.98 Å². The molecule has 0 bridgehead atoms. The fourth-order valence-electron chi connectivity index (χ4n) is 1.33. The molecule has 2 heteroatoms. The van der Waals surface area contributed by atoms with E-state index in [0.717, 1.165) is 17.2 Å². The number of ether oxygens (including phenoxy) is 1. The highest BCUT2D eigenvalue weighted by Crippen LogP contribution is 2.21. The molecule has 0 aliphatic rings. The molecule has 1 aromatic carbocycles. The maximum absolute atomic E-state index is 5.65. The lowest BCUT2D eigenvalue weighted by Gasteiger charge is -2.05. The summed E-state index contributed by atoms with van der Waals surface area (Å²) in [4.78, 5) is 4.17. The number of hydrogen-bond donors (Lipinski definition) is 0. The minimum atomic E-state index is 0.770. The van der Waals surface area contributed by atoms with E-state index in [9.17, 15) is 0 Å². The van der Waals surface area contributed by atoms with Crippen molar-refractivity contribution in [2.45, 2.75) is 34.1 Å². The number of aromatic nitrogens is 1. The third kappa shape index (κ3) is 5.00. The second-order valence-electron chi connectivity index (χ2n) is 4.26. The fraction of sp³-hybridized carbons (Fsp3) is 0.312. The predicted molar refractivity (Wildman–Crippen MR) is 76.2 cm³/mol. The van der Waals surface area contributed by atoms with E-state index in [-0.39, 0.29) is 0 Å². The first-order valence-electron chi connectivity index (χ1n) is 6.32. The molecule has 0 atom stereocenters. The molecule has 0 radical (unpaired) electrons. The monoisotopic (exact) mass is 243 g/mol. The third-order valence-electron chi connectivity index (χ3n) is 2.11. The number of benzene rings is 1. The van der Waals surface area contributed by atoms with Crippen LogP contribution in [0.2, 0.25) is 0 Å². The number of pyridine rings is 1. The summed E-state index contributed by atoms with van der Waals surface area (Å²) in [6.07, 6.45) is 2.98. The standard InChI is InChI=1S/C13H13NO.C3H8/c1-10-4-3-5-12(8-10)15-13-7-6-11(2)14-9-13;1-3-2/h3-9H,1-2H3;3H2,1-2H3. The van der Waals surface area contributed by atoms with E-state index in [2.05, 4.69) is 18.8 Å². The molecule has 0 fully saturated rings. The van der Waals surface area contributed by atoms with Crippen molar-refractivity contribution in [3.63, 3.8) is 0 Å². The lowest BCUT2D eigenvalue weighted by Crippen LogP contribution is -1.86. The van der Waals surface area contributed by atoms with Crippen LogP contribution >= 0.6 is 0 Å². The van der Waals surface area contributed by atoms with E-state index in [1.54, 1.807) is 6.20 Å². The van der Waals surface area contributed by atoms with Gasteiger partial charge in [-0.2, -0.15) is 0 Å². The van der Waals surface area contributed by atoms with E-state index in [1.807, 2.05) is 50.2 Å². The molecule has 0 saturated heterocycles. The molecule has 0 aliphatic carbocycles. The van der Waals surface area contributed by atoms with Crippen LogP contribution in [0.1, 0.15) is 31.5 Å². The van der Waals surface area contributed by atoms with Crippen LogP contribution in [0.15, 0.2) is 42.6 Å². The Hall–Kier alpha value is -1.83. The summed E-state index contributed by atoms with van der Waals surface area (Å²) in [5.41, 5.74) is 2.18. The highest BCUT2D eigenvalue weighted by atomic mass is 16.5. The van der Waals surface area contributed by atoms with Gasteiger partial charge in [-0.25, -0.2) is 0 Å². The van der Waals surface area contributed by atoms with Crippen LogP contribution < -0.4 is 4.74 Å². The highest BCUT2D eigenvalue weighted by molar-refractivity contribution is 5.32. The number of rotatable bonds is 2. The van der Waals surface area contributed by atoms with Crippen molar-refractivity contribution in [1.29, 1.82) is 0 Å². The van der Waals surface area contributed by atoms with Crippen LogP contribution in [0.5, 0.6) is 11.5 Å². The molecule has 0 N–H and O–H groups in total. The van der Waals surface area contributed by atoms with E-state index >= 15 is 0 Å². The van der Waals surface area contributed by atoms with Crippen molar-refractivity contribution in [2.24, 2.45) is 0 Å². The third-order valence-corrected chi connectivity index (χ3v) is 2.11. The molecule has 0 amide bonds. The largest absolute Gasteiger partial charge is 0.456 e. The fourth-order valence-corrected chi connectivity index (χ4v) is 1.33. The van der Waals surface area contributed by atoms with Crippen LogP contribution in [0, 0.1) is 13.8 Å². The number of nitrogens with zero attached hydrogens (tertiary/aromatic N) is 1. The molecule has 2 nitrogen and oxygen atoms in total. The second-order valence-corrected chi connectivity index (χ2v) is 4.26. The van der Waals surface area contributed by atoms with Gasteiger partial charge in [-0.05, 0) is 43.7 Å². The van der Waals surface area contributed by atoms with Gasteiger partial charge in [0.25, 0.3) is 0 Å². The summed E-state index contributed by atoms with van der Waals surface area (Å²) in [7, 11) is 0. The Labute approximate surface area is 110 Å². The molecule has 1 heterocycles. The average Bonchev–Trinajstić information content (AvgIpc) is 2.33. The van der Waals surface area contributed by atoms with Crippen molar-refractivity contribution in [2.75, 3.05) is 0 Å². The summed E-state index contributed by atoms with van der Waals surface area (Å²) in [5, 5.41) is 0. The number of hydrogen-bond acceptors (Lipinski definition) is 2. The van der Waals surface area contributed by atoms with Crippen molar-refractivity contribution in [3.05, 3.63) is 53.9 Å². The van der Waals surface area contributed by atoms with E-state index in [4.69, 9.17) is 4.74 Å². The predicted octanol–water partition coefficient (Wildman–Crippen LogP) is 4.91. The quantitative estimate of drug-likeness (QED) is 0.748. The number of aryl methyl sites for hydroxylation is 2. The summed E-state index contributed by atoms with van der Waals surface area (Å²) < 4.78 is 5.65. The van der Waals surface area contributed by atoms with Gasteiger partial charge >= 0.3 is 0 Å². The zero-order valence-electron chi connectivity index (χ0n) is 11.6. The maximum Gasteiger partial charge on any atom is 0.145 e. The van der Waals surface area contributed by atoms with Crippen molar-refractivity contribution in [3.8, 4) is 11.5 Å². The molecule has 96 valence electrons. The zero-order valence-corrected chi connectivity index (χ0v) is 11.6.